The summed E-state index contributed by atoms with van der Waals surface area (Å²) < 4.78 is 5.34. The van der Waals surface area contributed by atoms with Crippen molar-refractivity contribution in [1.82, 2.24) is 24.9 Å². The molecule has 2 aromatic rings. The summed E-state index contributed by atoms with van der Waals surface area (Å²) in [6.07, 6.45) is 4.62. The lowest BCUT2D eigenvalue weighted by Crippen LogP contribution is -2.39. The number of carbonyl (C=O) groups excluding carboxylic acids is 2. The molecular weight excluding hydrogens is 396 g/mol. The van der Waals surface area contributed by atoms with Gasteiger partial charge in [0.25, 0.3) is 5.91 Å². The number of amides is 2. The summed E-state index contributed by atoms with van der Waals surface area (Å²) in [4.78, 5) is 37.9. The van der Waals surface area contributed by atoms with E-state index in [1.807, 2.05) is 22.9 Å². The van der Waals surface area contributed by atoms with Crippen LogP contribution < -0.4 is 5.32 Å². The molecule has 2 aliphatic heterocycles. The van der Waals surface area contributed by atoms with Gasteiger partial charge in [-0.25, -0.2) is 9.97 Å². The average molecular weight is 425 g/mol. The molecule has 0 unspecified atom stereocenters. The van der Waals surface area contributed by atoms with E-state index in [0.29, 0.717) is 37.8 Å². The smallest absolute Gasteiger partial charge is 0.276 e. The van der Waals surface area contributed by atoms with Crippen molar-refractivity contribution in [3.8, 4) is 0 Å². The zero-order chi connectivity index (χ0) is 21.5. The number of nitrogens with zero attached hydrogens (tertiary/aromatic N) is 5. The van der Waals surface area contributed by atoms with Gasteiger partial charge >= 0.3 is 0 Å². The first-order valence-electron chi connectivity index (χ1n) is 11.1. The largest absolute Gasteiger partial charge is 0.373 e. The van der Waals surface area contributed by atoms with Crippen molar-refractivity contribution < 1.29 is 14.1 Å². The molecule has 9 nitrogen and oxygen atoms in total. The first-order valence-corrected chi connectivity index (χ1v) is 11.1. The van der Waals surface area contributed by atoms with Crippen LogP contribution in [-0.2, 0) is 17.8 Å². The molecule has 0 aromatic carbocycles. The minimum atomic E-state index is -0.0549. The Kier molecular flexibility index (Phi) is 5.11. The monoisotopic (exact) mass is 424 g/mol. The van der Waals surface area contributed by atoms with Crippen LogP contribution in [0.25, 0.3) is 0 Å². The molecule has 5 rings (SSSR count). The highest BCUT2D eigenvalue weighted by atomic mass is 16.5. The van der Waals surface area contributed by atoms with Crippen LogP contribution in [0.5, 0.6) is 0 Å². The van der Waals surface area contributed by atoms with Crippen molar-refractivity contribution in [3.63, 3.8) is 0 Å². The lowest BCUT2D eigenvalue weighted by molar-refractivity contribution is -0.129. The summed E-state index contributed by atoms with van der Waals surface area (Å²) in [5, 5.41) is 7.18. The van der Waals surface area contributed by atoms with Gasteiger partial charge in [0.2, 0.25) is 5.91 Å². The van der Waals surface area contributed by atoms with E-state index in [1.54, 1.807) is 6.92 Å². The second-order valence-electron chi connectivity index (χ2n) is 8.75. The summed E-state index contributed by atoms with van der Waals surface area (Å²) >= 11 is 0. The van der Waals surface area contributed by atoms with Gasteiger partial charge in [0.15, 0.2) is 5.69 Å². The van der Waals surface area contributed by atoms with Crippen molar-refractivity contribution in [2.75, 3.05) is 32.0 Å². The lowest BCUT2D eigenvalue weighted by atomic mass is 9.94. The van der Waals surface area contributed by atoms with Crippen LogP contribution in [0.1, 0.15) is 77.8 Å². The third-order valence-electron chi connectivity index (χ3n) is 6.63. The fraction of sp³-hybridized carbons (Fsp3) is 0.591. The first-order chi connectivity index (χ1) is 15.0. The van der Waals surface area contributed by atoms with Gasteiger partial charge in [-0.05, 0) is 25.7 Å². The maximum absolute atomic E-state index is 12.8. The number of aromatic nitrogens is 3. The Morgan fingerprint density at radius 1 is 1.06 bits per heavy atom. The third-order valence-corrected chi connectivity index (χ3v) is 6.63. The molecule has 3 aliphatic rings. The molecule has 2 aromatic heterocycles. The molecule has 0 radical (unpaired) electrons. The highest BCUT2D eigenvalue weighted by Gasteiger charge is 2.32. The molecule has 1 aliphatic carbocycles. The van der Waals surface area contributed by atoms with E-state index in [-0.39, 0.29) is 17.7 Å². The van der Waals surface area contributed by atoms with Gasteiger partial charge in [-0.1, -0.05) is 5.16 Å². The van der Waals surface area contributed by atoms with Gasteiger partial charge in [-0.2, -0.15) is 0 Å². The van der Waals surface area contributed by atoms with Gasteiger partial charge in [0, 0.05) is 63.5 Å². The number of anilines is 1. The van der Waals surface area contributed by atoms with Gasteiger partial charge in [-0.15, -0.1) is 0 Å². The standard InChI is InChI=1S/C22H28N6O3/c1-13(29)28-10-7-17-16(12-28)21(23-2)25-20(24-17)15-5-8-27(9-6-15)22(30)18-11-19(31-26-18)14-3-4-14/h11,14-15H,3-10,12H2,1-2H3,(H,23,24,25). The predicted octanol–water partition coefficient (Wildman–Crippen LogP) is 2.31. The fourth-order valence-corrected chi connectivity index (χ4v) is 4.54. The Hall–Kier alpha value is -2.97. The molecule has 1 saturated heterocycles. The lowest BCUT2D eigenvalue weighted by Gasteiger charge is -2.32. The van der Waals surface area contributed by atoms with E-state index in [1.165, 1.54) is 0 Å². The maximum Gasteiger partial charge on any atom is 0.276 e. The summed E-state index contributed by atoms with van der Waals surface area (Å²) in [6.45, 7) is 4.15. The van der Waals surface area contributed by atoms with E-state index >= 15 is 0 Å². The minimum absolute atomic E-state index is 0.0549. The number of likely N-dealkylation sites (tertiary alicyclic amines) is 1. The molecule has 1 N–H and O–H groups in total. The number of carbonyl (C=O) groups is 2. The summed E-state index contributed by atoms with van der Waals surface area (Å²) in [7, 11) is 1.86. The number of hydrogen-bond donors (Lipinski definition) is 1. The van der Waals surface area contributed by atoms with Crippen molar-refractivity contribution in [2.24, 2.45) is 0 Å². The number of piperidine rings is 1. The van der Waals surface area contributed by atoms with Crippen LogP contribution in [0.2, 0.25) is 0 Å². The molecule has 4 heterocycles. The van der Waals surface area contributed by atoms with Crippen molar-refractivity contribution in [1.29, 1.82) is 0 Å². The van der Waals surface area contributed by atoms with Gasteiger partial charge in [0.1, 0.15) is 17.4 Å². The Morgan fingerprint density at radius 2 is 1.84 bits per heavy atom. The predicted molar refractivity (Wildman–Crippen MR) is 113 cm³/mol. The van der Waals surface area contributed by atoms with Crippen LogP contribution in [0.4, 0.5) is 5.82 Å². The summed E-state index contributed by atoms with van der Waals surface area (Å²) in [6, 6.07) is 1.81. The SMILES string of the molecule is CNc1nc(C2CCN(C(=O)c3cc(C4CC4)on3)CC2)nc2c1CN(C(C)=O)CC2. The maximum atomic E-state index is 12.8. The van der Waals surface area contributed by atoms with Crippen LogP contribution >= 0.6 is 0 Å². The highest BCUT2D eigenvalue weighted by Crippen LogP contribution is 2.40. The Morgan fingerprint density at radius 3 is 2.52 bits per heavy atom. The molecule has 2 amide bonds. The van der Waals surface area contributed by atoms with Crippen LogP contribution in [0.3, 0.4) is 0 Å². The molecule has 1 saturated carbocycles. The fourth-order valence-electron chi connectivity index (χ4n) is 4.54. The molecule has 164 valence electrons. The Labute approximate surface area is 181 Å². The van der Waals surface area contributed by atoms with Gasteiger partial charge in [0.05, 0.1) is 12.2 Å². The highest BCUT2D eigenvalue weighted by molar-refractivity contribution is 5.92. The second kappa shape index (κ2) is 7.94. The van der Waals surface area contributed by atoms with E-state index in [4.69, 9.17) is 14.5 Å². The van der Waals surface area contributed by atoms with Crippen molar-refractivity contribution in [2.45, 2.75) is 57.4 Å². The number of fused-ring (bicyclic) bond motifs is 1. The van der Waals surface area contributed by atoms with Crippen molar-refractivity contribution in [3.05, 3.63) is 34.6 Å². The van der Waals surface area contributed by atoms with Crippen LogP contribution in [0, 0.1) is 0 Å². The Bertz CT molecular complexity index is 989. The zero-order valence-electron chi connectivity index (χ0n) is 18.1. The molecule has 31 heavy (non-hydrogen) atoms. The van der Waals surface area contributed by atoms with Gasteiger partial charge < -0.3 is 19.6 Å². The van der Waals surface area contributed by atoms with Crippen molar-refractivity contribution >= 4 is 17.6 Å². The minimum Gasteiger partial charge on any atom is -0.373 e. The van der Waals surface area contributed by atoms with Crippen LogP contribution in [-0.4, -0.2) is 63.4 Å². The summed E-state index contributed by atoms with van der Waals surface area (Å²) in [5.74, 6) is 3.16. The second-order valence-corrected chi connectivity index (χ2v) is 8.75. The zero-order valence-corrected chi connectivity index (χ0v) is 18.1. The van der Waals surface area contributed by atoms with Gasteiger partial charge in [-0.3, -0.25) is 9.59 Å². The Balaban J connectivity index is 1.27. The number of nitrogens with one attached hydrogen (secondary N) is 1. The molecule has 0 atom stereocenters. The molecule has 0 bridgehead atoms. The van der Waals surface area contributed by atoms with E-state index < -0.39 is 0 Å². The van der Waals surface area contributed by atoms with E-state index in [0.717, 1.165) is 60.8 Å². The van der Waals surface area contributed by atoms with E-state index in [2.05, 4.69) is 10.5 Å². The molecule has 0 spiro atoms. The normalized spacial score (nSPS) is 19.3. The number of rotatable bonds is 4. The van der Waals surface area contributed by atoms with Crippen LogP contribution in [0.15, 0.2) is 10.6 Å². The quantitative estimate of drug-likeness (QED) is 0.803. The molecule has 9 heteroatoms. The third kappa shape index (κ3) is 3.88. The topological polar surface area (TPSA) is 104 Å². The first kappa shape index (κ1) is 20.0. The summed E-state index contributed by atoms with van der Waals surface area (Å²) in [5.41, 5.74) is 2.45. The molecular formula is C22H28N6O3. The van der Waals surface area contributed by atoms with E-state index in [9.17, 15) is 9.59 Å². The average Bonchev–Trinajstić information content (AvgIpc) is 3.54. The molecule has 2 fully saturated rings. The number of hydrogen-bond acceptors (Lipinski definition) is 7.